The summed E-state index contributed by atoms with van der Waals surface area (Å²) in [6.07, 6.45) is 0. The average molecular weight is 330 g/mol. The van der Waals surface area contributed by atoms with Gasteiger partial charge in [0.05, 0.1) is 12.6 Å². The lowest BCUT2D eigenvalue weighted by atomic mass is 9.88. The van der Waals surface area contributed by atoms with Crippen LogP contribution < -0.4 is 5.73 Å². The number of carbonyl (C=O) groups is 2. The molecule has 6 nitrogen and oxygen atoms in total. The summed E-state index contributed by atoms with van der Waals surface area (Å²) in [6, 6.07) is 8.39. The fourth-order valence-electron chi connectivity index (χ4n) is 4.26. The number of benzene rings is 1. The minimum atomic E-state index is -0.288. The third kappa shape index (κ3) is 2.98. The number of nitrogens with zero attached hydrogens (tertiary/aromatic N) is 3. The summed E-state index contributed by atoms with van der Waals surface area (Å²) < 4.78 is 0. The summed E-state index contributed by atoms with van der Waals surface area (Å²) in [5.41, 5.74) is 7.77. The summed E-state index contributed by atoms with van der Waals surface area (Å²) in [5.74, 6) is 0.441. The summed E-state index contributed by atoms with van der Waals surface area (Å²) in [7, 11) is 3.59. The van der Waals surface area contributed by atoms with Gasteiger partial charge in [-0.2, -0.15) is 0 Å². The molecule has 130 valence electrons. The van der Waals surface area contributed by atoms with E-state index in [0.717, 1.165) is 19.6 Å². The molecule has 0 aliphatic carbocycles. The van der Waals surface area contributed by atoms with Gasteiger partial charge in [0.1, 0.15) is 0 Å². The van der Waals surface area contributed by atoms with Crippen molar-refractivity contribution in [3.05, 3.63) is 35.4 Å². The molecule has 3 rings (SSSR count). The van der Waals surface area contributed by atoms with Crippen molar-refractivity contribution in [3.63, 3.8) is 0 Å². The Morgan fingerprint density at radius 1 is 1.21 bits per heavy atom. The smallest absolute Gasteiger partial charge is 0.320 e. The van der Waals surface area contributed by atoms with E-state index in [1.54, 1.807) is 19.0 Å². The van der Waals surface area contributed by atoms with Crippen LogP contribution in [-0.4, -0.2) is 66.9 Å². The number of nitrogens with two attached hydrogens (primary N) is 1. The van der Waals surface area contributed by atoms with Crippen molar-refractivity contribution in [3.8, 4) is 0 Å². The molecular formula is C18H26N4O2. The minimum Gasteiger partial charge on any atom is -0.369 e. The number of carbonyl (C=O) groups excluding carboxylic acids is 2. The number of hydrogen-bond donors (Lipinski definition) is 1. The lowest BCUT2D eigenvalue weighted by molar-refractivity contribution is -0.119. The fourth-order valence-corrected chi connectivity index (χ4v) is 4.26. The molecule has 1 aromatic rings. The number of hydrogen-bond acceptors (Lipinski definition) is 3. The summed E-state index contributed by atoms with van der Waals surface area (Å²) >= 11 is 0. The maximum atomic E-state index is 12.7. The predicted molar refractivity (Wildman–Crippen MR) is 92.3 cm³/mol. The Morgan fingerprint density at radius 3 is 2.54 bits per heavy atom. The maximum absolute atomic E-state index is 12.7. The molecule has 1 aromatic carbocycles. The van der Waals surface area contributed by atoms with Crippen LogP contribution in [0, 0.1) is 18.8 Å². The molecule has 0 unspecified atom stereocenters. The van der Waals surface area contributed by atoms with Crippen LogP contribution >= 0.6 is 0 Å². The quantitative estimate of drug-likeness (QED) is 0.901. The zero-order valence-electron chi connectivity index (χ0n) is 14.6. The minimum absolute atomic E-state index is 0.0547. The van der Waals surface area contributed by atoms with E-state index < -0.39 is 0 Å². The summed E-state index contributed by atoms with van der Waals surface area (Å²) in [6.45, 7) is 4.76. The lowest BCUT2D eigenvalue weighted by Crippen LogP contribution is -2.42. The van der Waals surface area contributed by atoms with Gasteiger partial charge < -0.3 is 15.5 Å². The van der Waals surface area contributed by atoms with E-state index in [9.17, 15) is 9.59 Å². The van der Waals surface area contributed by atoms with Gasteiger partial charge in [-0.15, -0.1) is 0 Å². The van der Waals surface area contributed by atoms with Gasteiger partial charge in [-0.05, 0) is 24.0 Å². The maximum Gasteiger partial charge on any atom is 0.320 e. The van der Waals surface area contributed by atoms with E-state index >= 15 is 0 Å². The first-order valence-electron chi connectivity index (χ1n) is 8.42. The molecule has 3 atom stereocenters. The van der Waals surface area contributed by atoms with Crippen molar-refractivity contribution < 1.29 is 9.59 Å². The molecule has 2 N–H and O–H groups in total. The Balaban J connectivity index is 1.91. The Morgan fingerprint density at radius 2 is 1.92 bits per heavy atom. The molecule has 0 spiro atoms. The zero-order valence-corrected chi connectivity index (χ0v) is 14.6. The number of urea groups is 1. The van der Waals surface area contributed by atoms with Crippen LogP contribution in [0.4, 0.5) is 4.79 Å². The Kier molecular flexibility index (Phi) is 4.49. The molecule has 2 aliphatic heterocycles. The number of primary amides is 1. The Bertz CT molecular complexity index is 646. The van der Waals surface area contributed by atoms with E-state index in [1.807, 2.05) is 17.0 Å². The number of rotatable bonds is 3. The van der Waals surface area contributed by atoms with Gasteiger partial charge in [0.2, 0.25) is 5.91 Å². The lowest BCUT2D eigenvalue weighted by Gasteiger charge is -2.32. The van der Waals surface area contributed by atoms with Crippen LogP contribution in [0.3, 0.4) is 0 Å². The molecule has 2 aliphatic rings. The second kappa shape index (κ2) is 6.43. The molecule has 0 aromatic heterocycles. The van der Waals surface area contributed by atoms with Crippen LogP contribution in [-0.2, 0) is 4.79 Å². The van der Waals surface area contributed by atoms with E-state index in [2.05, 4.69) is 24.0 Å². The Hall–Kier alpha value is -2.08. The second-order valence-electron chi connectivity index (χ2n) is 7.22. The van der Waals surface area contributed by atoms with E-state index in [4.69, 9.17) is 5.73 Å². The first kappa shape index (κ1) is 16.8. The van der Waals surface area contributed by atoms with Gasteiger partial charge in [0.25, 0.3) is 0 Å². The molecule has 6 heteroatoms. The molecule has 0 bridgehead atoms. The van der Waals surface area contributed by atoms with Gasteiger partial charge in [-0.1, -0.05) is 24.3 Å². The van der Waals surface area contributed by atoms with Crippen molar-refractivity contribution >= 4 is 11.9 Å². The normalized spacial score (nSPS) is 26.5. The average Bonchev–Trinajstić information content (AvgIpc) is 3.03. The molecular weight excluding hydrogens is 304 g/mol. The highest BCUT2D eigenvalue weighted by Gasteiger charge is 2.49. The third-order valence-corrected chi connectivity index (χ3v) is 5.25. The standard InChI is InChI=1S/C18H26N4O2/c1-12-6-4-5-7-14(12)17-15-10-21(11-16(19)23)8-13(15)9-22(17)18(24)20(2)3/h4-7,13,15,17H,8-11H2,1-3H3,(H2,19,23)/t13-,15-,17+/m1/s1. The zero-order chi connectivity index (χ0) is 17.4. The highest BCUT2D eigenvalue weighted by atomic mass is 16.2. The summed E-state index contributed by atoms with van der Waals surface area (Å²) in [4.78, 5) is 29.7. The Labute approximate surface area is 143 Å². The number of amides is 3. The van der Waals surface area contributed by atoms with Crippen LogP contribution in [0.2, 0.25) is 0 Å². The predicted octanol–water partition coefficient (Wildman–Crippen LogP) is 1.07. The molecule has 24 heavy (non-hydrogen) atoms. The largest absolute Gasteiger partial charge is 0.369 e. The van der Waals surface area contributed by atoms with Crippen LogP contribution in [0.15, 0.2) is 24.3 Å². The van der Waals surface area contributed by atoms with Crippen molar-refractivity contribution in [2.45, 2.75) is 13.0 Å². The van der Waals surface area contributed by atoms with Crippen molar-refractivity contribution in [2.75, 3.05) is 40.3 Å². The van der Waals surface area contributed by atoms with Gasteiger partial charge >= 0.3 is 6.03 Å². The van der Waals surface area contributed by atoms with Crippen LogP contribution in [0.25, 0.3) is 0 Å². The first-order valence-corrected chi connectivity index (χ1v) is 8.42. The molecule has 3 amide bonds. The van der Waals surface area contributed by atoms with Gasteiger partial charge in [0.15, 0.2) is 0 Å². The van der Waals surface area contributed by atoms with Crippen LogP contribution in [0.5, 0.6) is 0 Å². The van der Waals surface area contributed by atoms with Crippen molar-refractivity contribution in [1.82, 2.24) is 14.7 Å². The fraction of sp³-hybridized carbons (Fsp3) is 0.556. The molecule has 2 saturated heterocycles. The highest BCUT2D eigenvalue weighted by Crippen LogP contribution is 2.45. The first-order chi connectivity index (χ1) is 11.4. The molecule has 0 saturated carbocycles. The van der Waals surface area contributed by atoms with E-state index in [1.165, 1.54) is 11.1 Å². The SMILES string of the molecule is Cc1ccccc1[C@H]1[C@@H]2CN(CC(N)=O)C[C@@H]2CN1C(=O)N(C)C. The van der Waals surface area contributed by atoms with Crippen molar-refractivity contribution in [2.24, 2.45) is 17.6 Å². The van der Waals surface area contributed by atoms with Gasteiger partial charge in [-0.3, -0.25) is 9.69 Å². The molecule has 2 heterocycles. The van der Waals surface area contributed by atoms with Gasteiger partial charge in [0, 0.05) is 39.6 Å². The highest BCUT2D eigenvalue weighted by molar-refractivity contribution is 5.76. The topological polar surface area (TPSA) is 69.9 Å². The van der Waals surface area contributed by atoms with Crippen LogP contribution in [0.1, 0.15) is 17.2 Å². The number of likely N-dealkylation sites (tertiary alicyclic amines) is 2. The molecule has 0 radical (unpaired) electrons. The second-order valence-corrected chi connectivity index (χ2v) is 7.22. The van der Waals surface area contributed by atoms with Crippen molar-refractivity contribution in [1.29, 1.82) is 0 Å². The van der Waals surface area contributed by atoms with E-state index in [0.29, 0.717) is 18.4 Å². The third-order valence-electron chi connectivity index (χ3n) is 5.25. The monoisotopic (exact) mass is 330 g/mol. The number of aryl methyl sites for hydroxylation is 1. The molecule has 2 fully saturated rings. The number of fused-ring (bicyclic) bond motifs is 1. The summed E-state index contributed by atoms with van der Waals surface area (Å²) in [5, 5.41) is 0. The van der Waals surface area contributed by atoms with E-state index in [-0.39, 0.29) is 18.0 Å². The van der Waals surface area contributed by atoms with Gasteiger partial charge in [-0.25, -0.2) is 4.79 Å².